The Hall–Kier alpha value is -1.66. The molecule has 0 aliphatic carbocycles. The van der Waals surface area contributed by atoms with Crippen molar-refractivity contribution in [2.45, 2.75) is 10.9 Å². The molecule has 0 amide bonds. The van der Waals surface area contributed by atoms with Crippen LogP contribution >= 0.6 is 23.9 Å². The lowest BCUT2D eigenvalue weighted by Crippen LogP contribution is -2.32. The maximum absolute atomic E-state index is 13.8. The second kappa shape index (κ2) is 10.8. The number of rotatable bonds is 9. The van der Waals surface area contributed by atoms with Gasteiger partial charge in [-0.1, -0.05) is 23.9 Å². The van der Waals surface area contributed by atoms with Crippen LogP contribution in [-0.2, 0) is 10.5 Å². The summed E-state index contributed by atoms with van der Waals surface area (Å²) in [6, 6.07) is 5.68. The second-order valence-electron chi connectivity index (χ2n) is 5.68. The van der Waals surface area contributed by atoms with Crippen LogP contribution in [0.15, 0.2) is 29.4 Å². The molecule has 0 atom stereocenters. The first-order valence-corrected chi connectivity index (χ1v) is 10.4. The number of hydrogen-bond acceptors (Lipinski definition) is 9. The van der Waals surface area contributed by atoms with Crippen LogP contribution in [0.5, 0.6) is 5.88 Å². The number of anilines is 1. The van der Waals surface area contributed by atoms with Crippen molar-refractivity contribution >= 4 is 29.7 Å². The molecule has 28 heavy (non-hydrogen) atoms. The van der Waals surface area contributed by atoms with Gasteiger partial charge in [0.25, 0.3) is 0 Å². The van der Waals surface area contributed by atoms with Gasteiger partial charge in [-0.3, -0.25) is 0 Å². The quantitative estimate of drug-likeness (QED) is 0.355. The zero-order valence-corrected chi connectivity index (χ0v) is 16.6. The highest BCUT2D eigenvalue weighted by Gasteiger charge is 2.14. The molecule has 0 saturated carbocycles. The summed E-state index contributed by atoms with van der Waals surface area (Å²) < 4.78 is 43.2. The molecule has 2 heterocycles. The Morgan fingerprint density at radius 2 is 2.07 bits per heavy atom. The molecule has 0 bridgehead atoms. The van der Waals surface area contributed by atoms with Gasteiger partial charge in [0.1, 0.15) is 12.4 Å². The number of aromatic nitrogens is 2. The minimum absolute atomic E-state index is 0.0929. The fraction of sp³-hybridized carbons (Fsp3) is 0.412. The number of thioether (sulfide) groups is 1. The van der Waals surface area contributed by atoms with E-state index in [1.54, 1.807) is 6.07 Å². The van der Waals surface area contributed by atoms with E-state index >= 15 is 0 Å². The molecule has 3 rings (SSSR count). The summed E-state index contributed by atoms with van der Waals surface area (Å²) in [5.41, 5.74) is 0.229. The van der Waals surface area contributed by atoms with Gasteiger partial charge >= 0.3 is 0 Å². The van der Waals surface area contributed by atoms with Crippen LogP contribution in [0, 0.1) is 11.6 Å². The summed E-state index contributed by atoms with van der Waals surface area (Å²) in [5.74, 6) is -0.784. The molecule has 152 valence electrons. The number of nitrogens with zero attached hydrogens (tertiary/aromatic N) is 3. The number of ether oxygens (including phenoxy) is 2. The largest absolute Gasteiger partial charge is 0.475 e. The lowest BCUT2D eigenvalue weighted by Gasteiger charge is -2.25. The van der Waals surface area contributed by atoms with Crippen LogP contribution in [0.3, 0.4) is 0 Å². The Bertz CT molecular complexity index is 782. The highest BCUT2D eigenvalue weighted by Crippen LogP contribution is 2.27. The van der Waals surface area contributed by atoms with Crippen LogP contribution < -0.4 is 9.46 Å². The lowest BCUT2D eigenvalue weighted by molar-refractivity contribution is 0.0775. The van der Waals surface area contributed by atoms with Gasteiger partial charge in [0.05, 0.1) is 19.8 Å². The first kappa shape index (κ1) is 21.1. The van der Waals surface area contributed by atoms with Crippen molar-refractivity contribution in [3.8, 4) is 5.88 Å². The number of halogens is 2. The van der Waals surface area contributed by atoms with Gasteiger partial charge in [-0.2, -0.15) is 4.98 Å². The minimum Gasteiger partial charge on any atom is -0.475 e. The lowest BCUT2D eigenvalue weighted by atomic mass is 10.2. The van der Waals surface area contributed by atoms with Crippen molar-refractivity contribution in [1.82, 2.24) is 14.3 Å². The van der Waals surface area contributed by atoms with Gasteiger partial charge in [0.2, 0.25) is 5.88 Å². The van der Waals surface area contributed by atoms with Crippen LogP contribution in [0.2, 0.25) is 0 Å². The SMILES string of the molecule is OCCOc1cc(NSN2CCOCC2)nc(SCc2cccc(F)c2F)n1. The predicted molar refractivity (Wildman–Crippen MR) is 104 cm³/mol. The summed E-state index contributed by atoms with van der Waals surface area (Å²) >= 11 is 2.57. The molecule has 1 aromatic heterocycles. The summed E-state index contributed by atoms with van der Waals surface area (Å²) in [5, 5.41) is 9.31. The predicted octanol–water partition coefficient (Wildman–Crippen LogP) is 2.73. The molecule has 2 N–H and O–H groups in total. The monoisotopic (exact) mass is 430 g/mol. The Morgan fingerprint density at radius 1 is 1.25 bits per heavy atom. The molecule has 2 aromatic rings. The summed E-state index contributed by atoms with van der Waals surface area (Å²) in [6.07, 6.45) is 0. The van der Waals surface area contributed by atoms with Crippen LogP contribution in [0.4, 0.5) is 14.6 Å². The molecule has 1 saturated heterocycles. The summed E-state index contributed by atoms with van der Waals surface area (Å²) in [7, 11) is 0. The molecule has 1 aromatic carbocycles. The van der Waals surface area contributed by atoms with E-state index in [0.717, 1.165) is 19.2 Å². The van der Waals surface area contributed by atoms with Crippen LogP contribution in [0.25, 0.3) is 0 Å². The molecule has 0 spiro atoms. The van der Waals surface area contributed by atoms with Crippen molar-refractivity contribution < 1.29 is 23.4 Å². The number of aliphatic hydroxyl groups is 1. The molecular weight excluding hydrogens is 410 g/mol. The second-order valence-corrected chi connectivity index (χ2v) is 7.53. The van der Waals surface area contributed by atoms with Crippen molar-refractivity contribution in [1.29, 1.82) is 0 Å². The highest BCUT2D eigenvalue weighted by atomic mass is 32.2. The average Bonchev–Trinajstić information content (AvgIpc) is 2.72. The smallest absolute Gasteiger partial charge is 0.219 e. The fourth-order valence-electron chi connectivity index (χ4n) is 2.30. The standard InChI is InChI=1S/C17H20F2N4O3S2/c18-13-3-1-2-12(16(13)19)11-27-17-20-14(10-15(21-17)26-9-6-24)22-28-23-4-7-25-8-5-23/h1-3,10,24H,4-9,11H2,(H,20,21,22). The van der Waals surface area contributed by atoms with Crippen LogP contribution in [0.1, 0.15) is 5.56 Å². The molecule has 7 nitrogen and oxygen atoms in total. The van der Waals surface area contributed by atoms with Crippen molar-refractivity contribution in [2.75, 3.05) is 44.2 Å². The van der Waals surface area contributed by atoms with Gasteiger partial charge in [-0.25, -0.2) is 18.1 Å². The Balaban J connectivity index is 1.68. The summed E-state index contributed by atoms with van der Waals surface area (Å²) in [6.45, 7) is 2.86. The highest BCUT2D eigenvalue weighted by molar-refractivity contribution is 7.98. The van der Waals surface area contributed by atoms with Crippen molar-refractivity contribution in [3.05, 3.63) is 41.5 Å². The van der Waals surface area contributed by atoms with Gasteiger partial charge in [0.15, 0.2) is 16.8 Å². The first-order valence-electron chi connectivity index (χ1n) is 8.60. The third-order valence-corrected chi connectivity index (χ3v) is 5.48. The topological polar surface area (TPSA) is 79.7 Å². The van der Waals surface area contributed by atoms with E-state index in [-0.39, 0.29) is 30.4 Å². The number of aliphatic hydroxyl groups excluding tert-OH is 1. The van der Waals surface area contributed by atoms with Gasteiger partial charge < -0.3 is 19.3 Å². The third-order valence-electron chi connectivity index (χ3n) is 3.66. The fourth-order valence-corrected chi connectivity index (χ4v) is 3.78. The maximum atomic E-state index is 13.8. The zero-order chi connectivity index (χ0) is 19.8. The first-order chi connectivity index (χ1) is 13.7. The number of morpholine rings is 1. The van der Waals surface area contributed by atoms with E-state index in [4.69, 9.17) is 14.6 Å². The maximum Gasteiger partial charge on any atom is 0.219 e. The molecule has 1 fully saturated rings. The Morgan fingerprint density at radius 3 is 2.86 bits per heavy atom. The zero-order valence-electron chi connectivity index (χ0n) is 14.9. The molecular formula is C17H20F2N4O3S2. The van der Waals surface area contributed by atoms with E-state index in [2.05, 4.69) is 19.0 Å². The van der Waals surface area contributed by atoms with Crippen LogP contribution in [-0.4, -0.2) is 58.9 Å². The minimum atomic E-state index is -0.886. The molecule has 0 radical (unpaired) electrons. The van der Waals surface area contributed by atoms with E-state index in [0.29, 0.717) is 24.2 Å². The van der Waals surface area contributed by atoms with Crippen molar-refractivity contribution in [2.24, 2.45) is 0 Å². The molecule has 11 heteroatoms. The molecule has 1 aliphatic heterocycles. The summed E-state index contributed by atoms with van der Waals surface area (Å²) in [4.78, 5) is 8.65. The van der Waals surface area contributed by atoms with E-state index in [1.807, 2.05) is 0 Å². The Kier molecular flexibility index (Phi) is 8.10. The number of benzene rings is 1. The van der Waals surface area contributed by atoms with E-state index in [9.17, 15) is 8.78 Å². The normalized spacial score (nSPS) is 14.8. The van der Waals surface area contributed by atoms with Gasteiger partial charge in [0, 0.05) is 42.6 Å². The van der Waals surface area contributed by atoms with E-state index in [1.165, 1.54) is 36.0 Å². The number of hydrogen-bond donors (Lipinski definition) is 2. The average molecular weight is 431 g/mol. The van der Waals surface area contributed by atoms with E-state index < -0.39 is 11.6 Å². The third kappa shape index (κ3) is 6.17. The molecule has 0 unspecified atom stereocenters. The van der Waals surface area contributed by atoms with Crippen molar-refractivity contribution in [3.63, 3.8) is 0 Å². The Labute approximate surface area is 170 Å². The van der Waals surface area contributed by atoms with Gasteiger partial charge in [-0.15, -0.1) is 0 Å². The molecule has 1 aliphatic rings. The number of nitrogens with one attached hydrogen (secondary N) is 1. The van der Waals surface area contributed by atoms with Gasteiger partial charge in [-0.05, 0) is 6.07 Å².